The Morgan fingerprint density at radius 1 is 1.24 bits per heavy atom. The van der Waals surface area contributed by atoms with Gasteiger partial charge in [-0.3, -0.25) is 4.79 Å². The van der Waals surface area contributed by atoms with Gasteiger partial charge in [0.15, 0.2) is 0 Å². The number of hydrogen-bond acceptors (Lipinski definition) is 5. The van der Waals surface area contributed by atoms with Crippen molar-refractivity contribution in [3.05, 3.63) is 52.1 Å². The first-order valence-corrected chi connectivity index (χ1v) is 9.68. The summed E-state index contributed by atoms with van der Waals surface area (Å²) < 4.78 is 26.7. The van der Waals surface area contributed by atoms with Gasteiger partial charge in [-0.15, -0.1) is 0 Å². The quantitative estimate of drug-likeness (QED) is 0.802. The first-order chi connectivity index (χ1) is 11.7. The van der Waals surface area contributed by atoms with Crippen molar-refractivity contribution in [3.63, 3.8) is 0 Å². The van der Waals surface area contributed by atoms with Crippen molar-refractivity contribution in [2.45, 2.75) is 18.2 Å². The van der Waals surface area contributed by atoms with Gasteiger partial charge in [-0.25, -0.2) is 18.1 Å². The molecule has 0 bridgehead atoms. The molecule has 0 aliphatic carbocycles. The van der Waals surface area contributed by atoms with Crippen LogP contribution in [-0.4, -0.2) is 32.9 Å². The highest BCUT2D eigenvalue weighted by atomic mass is 35.5. The van der Waals surface area contributed by atoms with Crippen LogP contribution in [0.15, 0.2) is 41.4 Å². The highest BCUT2D eigenvalue weighted by Crippen LogP contribution is 2.21. The van der Waals surface area contributed by atoms with Crippen molar-refractivity contribution < 1.29 is 13.2 Å². The van der Waals surface area contributed by atoms with Crippen LogP contribution in [-0.2, 0) is 10.0 Å². The van der Waals surface area contributed by atoms with Crippen molar-refractivity contribution in [1.82, 2.24) is 9.71 Å². The molecule has 2 aromatic rings. The van der Waals surface area contributed by atoms with E-state index in [4.69, 9.17) is 23.2 Å². The summed E-state index contributed by atoms with van der Waals surface area (Å²) in [4.78, 5) is 18.1. The molecule has 1 aromatic heterocycles. The maximum absolute atomic E-state index is 12.3. The Hall–Kier alpha value is -1.83. The molecule has 0 unspecified atom stereocenters. The van der Waals surface area contributed by atoms with Crippen molar-refractivity contribution in [1.29, 1.82) is 0 Å². The zero-order valence-electron chi connectivity index (χ0n) is 13.7. The van der Waals surface area contributed by atoms with E-state index in [0.29, 0.717) is 10.8 Å². The predicted octanol–water partition coefficient (Wildman–Crippen LogP) is 3.35. The molecule has 0 spiro atoms. The van der Waals surface area contributed by atoms with E-state index < -0.39 is 15.9 Å². The number of pyridine rings is 1. The van der Waals surface area contributed by atoms with Gasteiger partial charge in [0.1, 0.15) is 10.7 Å². The number of anilines is 1. The van der Waals surface area contributed by atoms with Crippen LogP contribution in [0.5, 0.6) is 0 Å². The molecular formula is C16H17Cl2N3O3S. The van der Waals surface area contributed by atoms with Crippen LogP contribution in [0.4, 0.5) is 5.82 Å². The minimum atomic E-state index is -4.06. The SMILES string of the molecule is CCCN(C)c1ccc(S(=O)(=O)NC(=O)c2ccc(Cl)cc2Cl)cn1. The predicted molar refractivity (Wildman–Crippen MR) is 98.9 cm³/mol. The van der Waals surface area contributed by atoms with Crippen LogP contribution in [0.2, 0.25) is 10.0 Å². The average molecular weight is 402 g/mol. The Morgan fingerprint density at radius 2 is 1.96 bits per heavy atom. The smallest absolute Gasteiger partial charge is 0.266 e. The number of aromatic nitrogens is 1. The molecule has 6 nitrogen and oxygen atoms in total. The second-order valence-corrected chi connectivity index (χ2v) is 7.86. The summed E-state index contributed by atoms with van der Waals surface area (Å²) in [5.41, 5.74) is 0.0156. The second kappa shape index (κ2) is 8.03. The lowest BCUT2D eigenvalue weighted by molar-refractivity contribution is 0.0981. The second-order valence-electron chi connectivity index (χ2n) is 5.33. The fraction of sp³-hybridized carbons (Fsp3) is 0.250. The van der Waals surface area contributed by atoms with Gasteiger partial charge in [-0.2, -0.15) is 0 Å². The zero-order chi connectivity index (χ0) is 18.6. The molecular weight excluding hydrogens is 385 g/mol. The number of nitrogens with one attached hydrogen (secondary N) is 1. The molecule has 0 aliphatic rings. The lowest BCUT2D eigenvalue weighted by Crippen LogP contribution is -2.31. The van der Waals surface area contributed by atoms with E-state index in [1.807, 2.05) is 23.6 Å². The number of carbonyl (C=O) groups is 1. The van der Waals surface area contributed by atoms with Gasteiger partial charge < -0.3 is 4.90 Å². The average Bonchev–Trinajstić information content (AvgIpc) is 2.54. The van der Waals surface area contributed by atoms with E-state index in [0.717, 1.165) is 13.0 Å². The number of amides is 1. The van der Waals surface area contributed by atoms with E-state index in [1.54, 1.807) is 6.07 Å². The first-order valence-electron chi connectivity index (χ1n) is 7.44. The molecule has 25 heavy (non-hydrogen) atoms. The normalized spacial score (nSPS) is 11.2. The van der Waals surface area contributed by atoms with Crippen LogP contribution in [0.25, 0.3) is 0 Å². The molecule has 0 saturated carbocycles. The molecule has 2 rings (SSSR count). The summed E-state index contributed by atoms with van der Waals surface area (Å²) in [5, 5.41) is 0.412. The number of nitrogens with zero attached hydrogens (tertiary/aromatic N) is 2. The van der Waals surface area contributed by atoms with Crippen LogP contribution in [0.1, 0.15) is 23.7 Å². The lowest BCUT2D eigenvalue weighted by Gasteiger charge is -2.17. The van der Waals surface area contributed by atoms with E-state index in [-0.39, 0.29) is 15.5 Å². The van der Waals surface area contributed by atoms with Gasteiger partial charge >= 0.3 is 0 Å². The zero-order valence-corrected chi connectivity index (χ0v) is 16.0. The topological polar surface area (TPSA) is 79.4 Å². The molecule has 1 amide bonds. The molecule has 0 aliphatic heterocycles. The van der Waals surface area contributed by atoms with Crippen LogP contribution >= 0.6 is 23.2 Å². The molecule has 1 N–H and O–H groups in total. The Balaban J connectivity index is 2.19. The summed E-state index contributed by atoms with van der Waals surface area (Å²) in [7, 11) is -2.20. The van der Waals surface area contributed by atoms with E-state index in [9.17, 15) is 13.2 Å². The molecule has 1 aromatic carbocycles. The van der Waals surface area contributed by atoms with Gasteiger partial charge in [0.2, 0.25) is 0 Å². The minimum absolute atomic E-state index is 0.0156. The van der Waals surface area contributed by atoms with Crippen LogP contribution in [0.3, 0.4) is 0 Å². The summed E-state index contributed by atoms with van der Waals surface area (Å²) in [6.07, 6.45) is 2.15. The first kappa shape index (κ1) is 19.5. The Labute approximate surface area is 156 Å². The van der Waals surface area contributed by atoms with Crippen molar-refractivity contribution in [2.75, 3.05) is 18.5 Å². The Kier molecular flexibility index (Phi) is 6.26. The van der Waals surface area contributed by atoms with Crippen LogP contribution in [0, 0.1) is 0 Å². The van der Waals surface area contributed by atoms with Crippen molar-refractivity contribution in [2.24, 2.45) is 0 Å². The lowest BCUT2D eigenvalue weighted by atomic mass is 10.2. The maximum atomic E-state index is 12.3. The third kappa shape index (κ3) is 4.84. The number of sulfonamides is 1. The van der Waals surface area contributed by atoms with Gasteiger partial charge in [0.25, 0.3) is 15.9 Å². The van der Waals surface area contributed by atoms with Gasteiger partial charge in [0, 0.05) is 24.8 Å². The standard InChI is InChI=1S/C16H17Cl2N3O3S/c1-3-8-21(2)15-7-5-12(10-19-15)25(23,24)20-16(22)13-6-4-11(17)9-14(13)18/h4-7,9-10H,3,8H2,1-2H3,(H,20,22). The summed E-state index contributed by atoms with van der Waals surface area (Å²) >= 11 is 11.7. The third-order valence-corrected chi connectivity index (χ3v) is 5.25. The largest absolute Gasteiger partial charge is 0.360 e. The van der Waals surface area contributed by atoms with Crippen LogP contribution < -0.4 is 9.62 Å². The highest BCUT2D eigenvalue weighted by Gasteiger charge is 2.21. The number of hydrogen-bond donors (Lipinski definition) is 1. The Morgan fingerprint density at radius 3 is 2.52 bits per heavy atom. The van der Waals surface area contributed by atoms with Gasteiger partial charge in [0.05, 0.1) is 10.6 Å². The van der Waals surface area contributed by atoms with Crippen molar-refractivity contribution >= 4 is 45.0 Å². The van der Waals surface area contributed by atoms with E-state index >= 15 is 0 Å². The molecule has 1 heterocycles. The molecule has 0 atom stereocenters. The number of benzene rings is 1. The van der Waals surface area contributed by atoms with Gasteiger partial charge in [-0.05, 0) is 36.8 Å². The molecule has 134 valence electrons. The molecule has 9 heteroatoms. The fourth-order valence-corrected chi connectivity index (χ4v) is 3.52. The number of halogens is 2. The minimum Gasteiger partial charge on any atom is -0.360 e. The monoisotopic (exact) mass is 401 g/mol. The Bertz CT molecular complexity index is 871. The summed E-state index contributed by atoms with van der Waals surface area (Å²) in [5.74, 6) is -0.193. The molecule has 0 saturated heterocycles. The van der Waals surface area contributed by atoms with E-state index in [1.165, 1.54) is 30.5 Å². The summed E-state index contributed by atoms with van der Waals surface area (Å²) in [6.45, 7) is 2.83. The fourth-order valence-electron chi connectivity index (χ4n) is 2.12. The number of rotatable bonds is 6. The highest BCUT2D eigenvalue weighted by molar-refractivity contribution is 7.90. The summed E-state index contributed by atoms with van der Waals surface area (Å²) in [6, 6.07) is 7.16. The van der Waals surface area contributed by atoms with E-state index in [2.05, 4.69) is 4.98 Å². The van der Waals surface area contributed by atoms with Gasteiger partial charge in [-0.1, -0.05) is 30.1 Å². The van der Waals surface area contributed by atoms with Crippen molar-refractivity contribution in [3.8, 4) is 0 Å². The molecule has 0 radical (unpaired) electrons. The molecule has 0 fully saturated rings. The maximum Gasteiger partial charge on any atom is 0.266 e. The number of carbonyl (C=O) groups excluding carboxylic acids is 1. The third-order valence-electron chi connectivity index (χ3n) is 3.38.